The van der Waals surface area contributed by atoms with E-state index in [0.29, 0.717) is 0 Å². The van der Waals surface area contributed by atoms with Gasteiger partial charge in [-0.1, -0.05) is 54.6 Å². The van der Waals surface area contributed by atoms with Gasteiger partial charge < -0.3 is 9.62 Å². The number of aromatic nitrogens is 1. The van der Waals surface area contributed by atoms with E-state index in [1.54, 1.807) is 18.0 Å². The average molecular weight is 519 g/mol. The largest absolute Gasteiger partial charge is 0.369 e. The van der Waals surface area contributed by atoms with Gasteiger partial charge in [-0.05, 0) is 66.4 Å². The van der Waals surface area contributed by atoms with Gasteiger partial charge in [0.15, 0.2) is 0 Å². The van der Waals surface area contributed by atoms with Gasteiger partial charge in [-0.2, -0.15) is 0 Å². The maximum Gasteiger partial charge on any atom is 0.141 e. The summed E-state index contributed by atoms with van der Waals surface area (Å²) in [5.74, 6) is -0.376. The van der Waals surface area contributed by atoms with Gasteiger partial charge in [-0.3, -0.25) is 9.88 Å². The van der Waals surface area contributed by atoms with Crippen molar-refractivity contribution in [3.05, 3.63) is 108 Å². The molecule has 5 rings (SSSR count). The Kier molecular flexibility index (Phi) is 7.46. The van der Waals surface area contributed by atoms with E-state index in [1.165, 1.54) is 6.07 Å². The number of piperazine rings is 1. The van der Waals surface area contributed by atoms with Gasteiger partial charge in [-0.15, -0.1) is 0 Å². The van der Waals surface area contributed by atoms with Crippen LogP contribution in [0.25, 0.3) is 16.6 Å². The fraction of sp³-hybridized carbons (Fsp3) is 0.207. The Morgan fingerprint density at radius 3 is 2.53 bits per heavy atom. The Labute approximate surface area is 220 Å². The summed E-state index contributed by atoms with van der Waals surface area (Å²) in [7, 11) is 0. The van der Waals surface area contributed by atoms with E-state index in [0.717, 1.165) is 64.5 Å². The maximum atomic E-state index is 13.5. The molecule has 1 N–H and O–H groups in total. The first-order chi connectivity index (χ1) is 17.5. The highest BCUT2D eigenvalue weighted by Gasteiger charge is 2.23. The normalized spacial score (nSPS) is 15.1. The second-order valence-corrected chi connectivity index (χ2v) is 10.2. The molecule has 2 heterocycles. The number of rotatable bonds is 7. The Balaban J connectivity index is 1.16. The molecule has 36 heavy (non-hydrogen) atoms. The summed E-state index contributed by atoms with van der Waals surface area (Å²) in [4.78, 5) is 10.4. The highest BCUT2D eigenvalue weighted by Crippen LogP contribution is 2.30. The Morgan fingerprint density at radius 2 is 1.78 bits per heavy atom. The zero-order valence-corrected chi connectivity index (χ0v) is 21.7. The molecule has 1 fully saturated rings. The summed E-state index contributed by atoms with van der Waals surface area (Å²) >= 11 is 7.56. The summed E-state index contributed by atoms with van der Waals surface area (Å²) in [6.45, 7) is 10.1. The molecule has 4 nitrogen and oxygen atoms in total. The topological polar surface area (TPSA) is 31.4 Å². The van der Waals surface area contributed by atoms with Crippen molar-refractivity contribution < 1.29 is 4.39 Å². The predicted octanol–water partition coefficient (Wildman–Crippen LogP) is 7.50. The van der Waals surface area contributed by atoms with Crippen LogP contribution < -0.4 is 4.72 Å². The van der Waals surface area contributed by atoms with Crippen LogP contribution in [0.4, 0.5) is 10.1 Å². The monoisotopic (exact) mass is 518 g/mol. The molecule has 0 bridgehead atoms. The number of anilines is 1. The lowest BCUT2D eigenvalue weighted by Gasteiger charge is -2.40. The van der Waals surface area contributed by atoms with Crippen LogP contribution in [0.5, 0.6) is 0 Å². The van der Waals surface area contributed by atoms with Crippen LogP contribution in [0.1, 0.15) is 24.1 Å². The SMILES string of the molecule is C=C(c1ccc(NSc2cccc3cccnc23)cc1)N1CCN(C(C)c2ccc(F)c(Cl)c2)CC1. The molecule has 7 heteroatoms. The first-order valence-corrected chi connectivity index (χ1v) is 13.2. The van der Waals surface area contributed by atoms with Crippen molar-refractivity contribution in [3.63, 3.8) is 0 Å². The third kappa shape index (κ3) is 5.36. The number of pyridine rings is 1. The van der Waals surface area contributed by atoms with Crippen molar-refractivity contribution in [1.82, 2.24) is 14.8 Å². The van der Waals surface area contributed by atoms with E-state index < -0.39 is 0 Å². The number of hydrogen-bond acceptors (Lipinski definition) is 5. The van der Waals surface area contributed by atoms with Gasteiger partial charge in [0.2, 0.25) is 0 Å². The average Bonchev–Trinajstić information content (AvgIpc) is 2.93. The van der Waals surface area contributed by atoms with Gasteiger partial charge in [-0.25, -0.2) is 4.39 Å². The van der Waals surface area contributed by atoms with Crippen molar-refractivity contribution in [2.45, 2.75) is 17.9 Å². The second kappa shape index (κ2) is 10.9. The van der Waals surface area contributed by atoms with Crippen LogP contribution >= 0.6 is 23.5 Å². The van der Waals surface area contributed by atoms with E-state index in [9.17, 15) is 4.39 Å². The van der Waals surface area contributed by atoms with E-state index in [4.69, 9.17) is 11.6 Å². The summed E-state index contributed by atoms with van der Waals surface area (Å²) in [5, 5.41) is 1.31. The Morgan fingerprint density at radius 1 is 1.03 bits per heavy atom. The summed E-state index contributed by atoms with van der Waals surface area (Å²) in [6, 6.07) is 23.8. The van der Waals surface area contributed by atoms with Crippen molar-refractivity contribution in [3.8, 4) is 0 Å². The number of fused-ring (bicyclic) bond motifs is 1. The molecule has 0 aliphatic carbocycles. The Bertz CT molecular complexity index is 1360. The van der Waals surface area contributed by atoms with Gasteiger partial charge in [0.1, 0.15) is 5.82 Å². The molecule has 1 aliphatic rings. The summed E-state index contributed by atoms with van der Waals surface area (Å²) in [6.07, 6.45) is 1.83. The summed E-state index contributed by atoms with van der Waals surface area (Å²) in [5.41, 5.74) is 5.21. The third-order valence-corrected chi connectivity index (χ3v) is 7.94. The molecule has 0 saturated carbocycles. The zero-order chi connectivity index (χ0) is 25.1. The number of hydrogen-bond donors (Lipinski definition) is 1. The predicted molar refractivity (Wildman–Crippen MR) is 150 cm³/mol. The quantitative estimate of drug-likeness (QED) is 0.256. The van der Waals surface area contributed by atoms with Gasteiger partial charge >= 0.3 is 0 Å². The van der Waals surface area contributed by atoms with E-state index in [1.807, 2.05) is 18.3 Å². The van der Waals surface area contributed by atoms with Crippen molar-refractivity contribution >= 4 is 45.8 Å². The molecule has 1 atom stereocenters. The van der Waals surface area contributed by atoms with Crippen molar-refractivity contribution in [2.24, 2.45) is 0 Å². The number of halogens is 2. The standard InChI is InChI=1S/C29H28ClFN4S/c1-20(34-15-17-35(18-16-34)21(2)24-10-13-27(31)26(30)19-24)22-8-11-25(12-9-22)33-36-28-7-3-5-23-6-4-14-32-29(23)28/h3-14,19,21,33H,1,15-18H2,2H3. The molecule has 1 aromatic heterocycles. The number of benzene rings is 3. The highest BCUT2D eigenvalue weighted by molar-refractivity contribution is 8.00. The minimum absolute atomic E-state index is 0.177. The van der Waals surface area contributed by atoms with Gasteiger partial charge in [0, 0.05) is 55.2 Å². The first kappa shape index (κ1) is 24.6. The first-order valence-electron chi connectivity index (χ1n) is 12.0. The van der Waals surface area contributed by atoms with Crippen LogP contribution in [-0.4, -0.2) is 41.0 Å². The number of nitrogens with one attached hydrogen (secondary N) is 1. The maximum absolute atomic E-state index is 13.5. The molecule has 0 spiro atoms. The number of para-hydroxylation sites is 1. The third-order valence-electron chi connectivity index (χ3n) is 6.76. The Hall–Kier alpha value is -3.06. The molecular weight excluding hydrogens is 491 g/mol. The minimum atomic E-state index is -0.376. The van der Waals surface area contributed by atoms with E-state index in [2.05, 4.69) is 81.5 Å². The molecule has 0 radical (unpaired) electrons. The minimum Gasteiger partial charge on any atom is -0.369 e. The molecule has 1 saturated heterocycles. The second-order valence-electron chi connectivity index (χ2n) is 8.93. The molecule has 4 aromatic rings. The van der Waals surface area contributed by atoms with Gasteiger partial charge in [0.25, 0.3) is 0 Å². The molecule has 1 unspecified atom stereocenters. The van der Waals surface area contributed by atoms with Crippen LogP contribution in [0.2, 0.25) is 5.02 Å². The van der Waals surface area contributed by atoms with Crippen LogP contribution in [0.3, 0.4) is 0 Å². The fourth-order valence-corrected chi connectivity index (χ4v) is 5.51. The lowest BCUT2D eigenvalue weighted by atomic mass is 10.1. The van der Waals surface area contributed by atoms with Crippen LogP contribution in [0.15, 0.2) is 90.5 Å². The van der Waals surface area contributed by atoms with E-state index >= 15 is 0 Å². The summed E-state index contributed by atoms with van der Waals surface area (Å²) < 4.78 is 17.0. The molecule has 1 aliphatic heterocycles. The molecule has 0 amide bonds. The molecule has 3 aromatic carbocycles. The van der Waals surface area contributed by atoms with Crippen molar-refractivity contribution in [2.75, 3.05) is 30.9 Å². The number of nitrogens with zero attached hydrogens (tertiary/aromatic N) is 3. The molecule has 184 valence electrons. The smallest absolute Gasteiger partial charge is 0.141 e. The van der Waals surface area contributed by atoms with E-state index in [-0.39, 0.29) is 16.9 Å². The van der Waals surface area contributed by atoms with Gasteiger partial charge in [0.05, 0.1) is 15.4 Å². The lowest BCUT2D eigenvalue weighted by molar-refractivity contribution is 0.136. The van der Waals surface area contributed by atoms with Crippen molar-refractivity contribution in [1.29, 1.82) is 0 Å². The zero-order valence-electron chi connectivity index (χ0n) is 20.1. The van der Waals surface area contributed by atoms with Crippen LogP contribution in [0, 0.1) is 5.82 Å². The van der Waals surface area contributed by atoms with Crippen LogP contribution in [-0.2, 0) is 0 Å². The highest BCUT2D eigenvalue weighted by atomic mass is 35.5. The molecular formula is C29H28ClFN4S. The lowest BCUT2D eigenvalue weighted by Crippen LogP contribution is -2.46. The fourth-order valence-electron chi connectivity index (χ4n) is 4.55.